The quantitative estimate of drug-likeness (QED) is 0.702. The van der Waals surface area contributed by atoms with Crippen molar-refractivity contribution in [1.29, 1.82) is 0 Å². The smallest absolute Gasteiger partial charge is 0.242 e. The SMILES string of the molecule is CCOc1c(OC)cc(CNS(=O)(=O)c2cc(Cl)ccc2Cl)cc1OC. The van der Waals surface area contributed by atoms with Crippen LogP contribution in [0.1, 0.15) is 12.5 Å². The highest BCUT2D eigenvalue weighted by atomic mass is 35.5. The average molecular weight is 420 g/mol. The summed E-state index contributed by atoms with van der Waals surface area (Å²) in [7, 11) is -0.856. The molecular weight excluding hydrogens is 401 g/mol. The van der Waals surface area contributed by atoms with Crippen LogP contribution in [-0.4, -0.2) is 29.2 Å². The zero-order valence-corrected chi connectivity index (χ0v) is 16.8. The zero-order chi connectivity index (χ0) is 19.3. The lowest BCUT2D eigenvalue weighted by Crippen LogP contribution is -2.23. The Balaban J connectivity index is 2.30. The van der Waals surface area contributed by atoms with Crippen LogP contribution in [0.2, 0.25) is 10.0 Å². The van der Waals surface area contributed by atoms with E-state index in [2.05, 4.69) is 4.72 Å². The Bertz CT molecular complexity index is 862. The van der Waals surface area contributed by atoms with Crippen LogP contribution in [0, 0.1) is 0 Å². The zero-order valence-electron chi connectivity index (χ0n) is 14.5. The first-order chi connectivity index (χ1) is 12.3. The van der Waals surface area contributed by atoms with Gasteiger partial charge in [-0.3, -0.25) is 0 Å². The maximum absolute atomic E-state index is 12.5. The van der Waals surface area contributed by atoms with E-state index in [4.69, 9.17) is 37.4 Å². The lowest BCUT2D eigenvalue weighted by molar-refractivity contribution is 0.288. The van der Waals surface area contributed by atoms with Gasteiger partial charge in [0.25, 0.3) is 0 Å². The van der Waals surface area contributed by atoms with Gasteiger partial charge in [-0.05, 0) is 42.8 Å². The molecule has 9 heteroatoms. The van der Waals surface area contributed by atoms with Crippen LogP contribution in [0.15, 0.2) is 35.2 Å². The highest BCUT2D eigenvalue weighted by Gasteiger charge is 2.20. The van der Waals surface area contributed by atoms with Crippen molar-refractivity contribution in [2.75, 3.05) is 20.8 Å². The molecule has 0 saturated heterocycles. The maximum atomic E-state index is 12.5. The van der Waals surface area contributed by atoms with Crippen LogP contribution in [0.3, 0.4) is 0 Å². The molecule has 0 radical (unpaired) electrons. The molecule has 0 aliphatic carbocycles. The molecule has 0 fully saturated rings. The van der Waals surface area contributed by atoms with Crippen molar-refractivity contribution in [2.24, 2.45) is 0 Å². The van der Waals surface area contributed by atoms with Crippen molar-refractivity contribution in [3.63, 3.8) is 0 Å². The fourth-order valence-corrected chi connectivity index (χ4v) is 4.04. The van der Waals surface area contributed by atoms with Crippen molar-refractivity contribution in [1.82, 2.24) is 4.72 Å². The molecule has 0 amide bonds. The van der Waals surface area contributed by atoms with Gasteiger partial charge in [0.2, 0.25) is 15.8 Å². The van der Waals surface area contributed by atoms with Gasteiger partial charge in [-0.2, -0.15) is 0 Å². The predicted molar refractivity (Wildman–Crippen MR) is 101 cm³/mol. The third-order valence-electron chi connectivity index (χ3n) is 3.46. The normalized spacial score (nSPS) is 11.3. The lowest BCUT2D eigenvalue weighted by atomic mass is 10.2. The Morgan fingerprint density at radius 3 is 2.19 bits per heavy atom. The number of halogens is 2. The topological polar surface area (TPSA) is 73.9 Å². The van der Waals surface area contributed by atoms with E-state index in [1.165, 1.54) is 32.4 Å². The van der Waals surface area contributed by atoms with Crippen molar-refractivity contribution in [2.45, 2.75) is 18.4 Å². The number of methoxy groups -OCH3 is 2. The highest BCUT2D eigenvalue weighted by molar-refractivity contribution is 7.89. The van der Waals surface area contributed by atoms with Crippen LogP contribution in [0.5, 0.6) is 17.2 Å². The van der Waals surface area contributed by atoms with Gasteiger partial charge < -0.3 is 14.2 Å². The molecule has 2 rings (SSSR count). The molecule has 0 heterocycles. The molecule has 0 aliphatic rings. The number of nitrogens with one attached hydrogen (secondary N) is 1. The third-order valence-corrected chi connectivity index (χ3v) is 5.58. The fraction of sp³-hybridized carbons (Fsp3) is 0.294. The molecule has 0 spiro atoms. The number of benzene rings is 2. The summed E-state index contributed by atoms with van der Waals surface area (Å²) in [6, 6.07) is 7.60. The first kappa shape index (κ1) is 20.6. The number of hydrogen-bond donors (Lipinski definition) is 1. The van der Waals surface area contributed by atoms with Crippen LogP contribution in [0.4, 0.5) is 0 Å². The predicted octanol–water partition coefficient (Wildman–Crippen LogP) is 3.89. The van der Waals surface area contributed by atoms with Gasteiger partial charge in [0.15, 0.2) is 11.5 Å². The monoisotopic (exact) mass is 419 g/mol. The molecular formula is C17H19Cl2NO5S. The summed E-state index contributed by atoms with van der Waals surface area (Å²) in [6.07, 6.45) is 0. The third kappa shape index (κ3) is 4.73. The molecule has 1 N–H and O–H groups in total. The first-order valence-electron chi connectivity index (χ1n) is 7.64. The van der Waals surface area contributed by atoms with E-state index in [0.29, 0.717) is 29.4 Å². The minimum atomic E-state index is -3.85. The Morgan fingerprint density at radius 2 is 1.65 bits per heavy atom. The maximum Gasteiger partial charge on any atom is 0.242 e. The van der Waals surface area contributed by atoms with Crippen molar-refractivity contribution >= 4 is 33.2 Å². The van der Waals surface area contributed by atoms with E-state index < -0.39 is 10.0 Å². The minimum Gasteiger partial charge on any atom is -0.493 e. The molecule has 2 aromatic rings. The molecule has 0 bridgehead atoms. The first-order valence-corrected chi connectivity index (χ1v) is 9.88. The van der Waals surface area contributed by atoms with Crippen LogP contribution in [0.25, 0.3) is 0 Å². The van der Waals surface area contributed by atoms with E-state index in [1.807, 2.05) is 6.92 Å². The molecule has 0 atom stereocenters. The van der Waals surface area contributed by atoms with E-state index in [1.54, 1.807) is 12.1 Å². The van der Waals surface area contributed by atoms with Crippen molar-refractivity contribution in [3.05, 3.63) is 45.9 Å². The van der Waals surface area contributed by atoms with E-state index >= 15 is 0 Å². The molecule has 6 nitrogen and oxygen atoms in total. The molecule has 0 unspecified atom stereocenters. The average Bonchev–Trinajstić information content (AvgIpc) is 2.62. The van der Waals surface area contributed by atoms with Gasteiger partial charge in [0, 0.05) is 11.6 Å². The molecule has 0 saturated carbocycles. The van der Waals surface area contributed by atoms with E-state index in [0.717, 1.165) is 0 Å². The second-order valence-electron chi connectivity index (χ2n) is 5.16. The summed E-state index contributed by atoms with van der Waals surface area (Å²) in [5.41, 5.74) is 0.629. The standard InChI is InChI=1S/C17H19Cl2NO5S/c1-4-25-17-14(23-2)7-11(8-15(17)24-3)10-20-26(21,22)16-9-12(18)5-6-13(16)19/h5-9,20H,4,10H2,1-3H3. The Hall–Kier alpha value is -1.67. The van der Waals surface area contributed by atoms with Gasteiger partial charge in [0.05, 0.1) is 25.8 Å². The van der Waals surface area contributed by atoms with Gasteiger partial charge >= 0.3 is 0 Å². The highest BCUT2D eigenvalue weighted by Crippen LogP contribution is 2.38. The van der Waals surface area contributed by atoms with E-state index in [-0.39, 0.29) is 21.5 Å². The number of hydrogen-bond acceptors (Lipinski definition) is 5. The number of rotatable bonds is 8. The van der Waals surface area contributed by atoms with Crippen LogP contribution in [-0.2, 0) is 16.6 Å². The minimum absolute atomic E-state index is 0.00427. The van der Waals surface area contributed by atoms with Gasteiger partial charge in [-0.1, -0.05) is 23.2 Å². The van der Waals surface area contributed by atoms with Gasteiger partial charge in [-0.15, -0.1) is 0 Å². The van der Waals surface area contributed by atoms with Gasteiger partial charge in [0.1, 0.15) is 4.90 Å². The van der Waals surface area contributed by atoms with Crippen LogP contribution < -0.4 is 18.9 Å². The molecule has 2 aromatic carbocycles. The Kier molecular flexibility index (Phi) is 7.00. The van der Waals surface area contributed by atoms with Crippen molar-refractivity contribution < 1.29 is 22.6 Å². The van der Waals surface area contributed by atoms with Crippen molar-refractivity contribution in [3.8, 4) is 17.2 Å². The summed E-state index contributed by atoms with van der Waals surface area (Å²) < 4.78 is 43.7. The Labute approximate surface area is 163 Å². The Morgan fingerprint density at radius 1 is 1.04 bits per heavy atom. The summed E-state index contributed by atoms with van der Waals surface area (Å²) in [5.74, 6) is 1.35. The summed E-state index contributed by atoms with van der Waals surface area (Å²) in [5, 5.41) is 0.364. The largest absolute Gasteiger partial charge is 0.493 e. The second kappa shape index (κ2) is 8.81. The van der Waals surface area contributed by atoms with Gasteiger partial charge in [-0.25, -0.2) is 13.1 Å². The second-order valence-corrected chi connectivity index (χ2v) is 7.74. The summed E-state index contributed by atoms with van der Waals surface area (Å²) in [6.45, 7) is 2.28. The molecule has 0 aromatic heterocycles. The number of sulfonamides is 1. The van der Waals surface area contributed by atoms with Crippen LogP contribution >= 0.6 is 23.2 Å². The fourth-order valence-electron chi connectivity index (χ4n) is 2.26. The molecule has 0 aliphatic heterocycles. The van der Waals surface area contributed by atoms with E-state index in [9.17, 15) is 8.42 Å². The lowest BCUT2D eigenvalue weighted by Gasteiger charge is -2.16. The summed E-state index contributed by atoms with van der Waals surface area (Å²) in [4.78, 5) is -0.0865. The number of ether oxygens (including phenoxy) is 3. The summed E-state index contributed by atoms with van der Waals surface area (Å²) >= 11 is 11.8. The molecule has 26 heavy (non-hydrogen) atoms. The molecule has 142 valence electrons.